The molecule has 0 aromatic carbocycles. The van der Waals surface area contributed by atoms with E-state index < -0.39 is 0 Å². The molecular formula is C7H8N2O2S2. The van der Waals surface area contributed by atoms with Crippen LogP contribution in [0.1, 0.15) is 6.42 Å². The molecule has 1 rings (SSSR count). The van der Waals surface area contributed by atoms with E-state index in [1.165, 1.54) is 17.5 Å². The van der Waals surface area contributed by atoms with Crippen molar-refractivity contribution in [3.8, 4) is 11.8 Å². The summed E-state index contributed by atoms with van der Waals surface area (Å²) >= 11 is 5.51. The van der Waals surface area contributed by atoms with Crippen LogP contribution in [-0.2, 0) is 0 Å². The number of nitrogens with one attached hydrogen (secondary N) is 1. The van der Waals surface area contributed by atoms with Gasteiger partial charge in [-0.25, -0.2) is 3.97 Å². The Morgan fingerprint density at radius 2 is 2.08 bits per heavy atom. The lowest BCUT2D eigenvalue weighted by Crippen LogP contribution is -1.95. The Bertz CT molecular complexity index is 316. The van der Waals surface area contributed by atoms with E-state index in [0.717, 1.165) is 15.9 Å². The highest BCUT2D eigenvalue weighted by Crippen LogP contribution is 2.27. The second-order valence-corrected chi connectivity index (χ2v) is 3.60. The van der Waals surface area contributed by atoms with Gasteiger partial charge in [0.25, 0.3) is 0 Å². The van der Waals surface area contributed by atoms with Gasteiger partial charge in [-0.15, -0.1) is 0 Å². The summed E-state index contributed by atoms with van der Waals surface area (Å²) < 4.78 is 1.15. The van der Waals surface area contributed by atoms with Crippen LogP contribution in [0.5, 0.6) is 11.8 Å². The van der Waals surface area contributed by atoms with Crippen LogP contribution in [0.3, 0.4) is 0 Å². The molecule has 13 heavy (non-hydrogen) atoms. The van der Waals surface area contributed by atoms with Crippen LogP contribution < -0.4 is 0 Å². The Kier molecular flexibility index (Phi) is 3.32. The van der Waals surface area contributed by atoms with Crippen LogP contribution in [0.4, 0.5) is 0 Å². The highest BCUT2D eigenvalue weighted by atomic mass is 32.2. The van der Waals surface area contributed by atoms with Crippen LogP contribution in [-0.4, -0.2) is 24.6 Å². The van der Waals surface area contributed by atoms with Gasteiger partial charge < -0.3 is 10.2 Å². The van der Waals surface area contributed by atoms with Crippen molar-refractivity contribution < 1.29 is 10.2 Å². The summed E-state index contributed by atoms with van der Waals surface area (Å²) in [4.78, 5) is 0. The summed E-state index contributed by atoms with van der Waals surface area (Å²) in [6, 6.07) is 2.71. The Labute approximate surface area is 84.8 Å². The first-order chi connectivity index (χ1) is 6.15. The molecule has 0 saturated carbocycles. The fourth-order valence-electron chi connectivity index (χ4n) is 0.719. The summed E-state index contributed by atoms with van der Waals surface area (Å²) in [5.41, 5.74) is 0. The Hall–Kier alpha value is -1.01. The van der Waals surface area contributed by atoms with Crippen LogP contribution >= 0.6 is 24.2 Å². The van der Waals surface area contributed by atoms with Crippen molar-refractivity contribution in [2.24, 2.45) is 0 Å². The number of thiocarbonyl (C=S) groups is 1. The molecule has 0 unspecified atom stereocenters. The van der Waals surface area contributed by atoms with Gasteiger partial charge in [0.15, 0.2) is 0 Å². The number of hydrogen-bond acceptors (Lipinski definition) is 5. The quantitative estimate of drug-likeness (QED) is 0.409. The second kappa shape index (κ2) is 4.29. The maximum absolute atomic E-state index is 9.20. The van der Waals surface area contributed by atoms with Gasteiger partial charge in [-0.2, -0.15) is 0 Å². The molecule has 3 N–H and O–H groups in total. The molecule has 6 heteroatoms. The summed E-state index contributed by atoms with van der Waals surface area (Å²) in [6.45, 7) is 0. The minimum Gasteiger partial charge on any atom is -0.494 e. The van der Waals surface area contributed by atoms with Gasteiger partial charge in [0, 0.05) is 30.5 Å². The smallest absolute Gasteiger partial charge is 0.204 e. The molecule has 0 spiro atoms. The Morgan fingerprint density at radius 3 is 2.54 bits per heavy atom. The van der Waals surface area contributed by atoms with Gasteiger partial charge in [-0.1, -0.05) is 12.2 Å². The van der Waals surface area contributed by atoms with E-state index in [1.54, 1.807) is 0 Å². The number of hydrogen-bond donors (Lipinski definition) is 3. The number of rotatable bonds is 3. The molecule has 0 fully saturated rings. The molecule has 70 valence electrons. The van der Waals surface area contributed by atoms with Crippen molar-refractivity contribution in [2.75, 3.05) is 0 Å². The van der Waals surface area contributed by atoms with Gasteiger partial charge in [-0.05, 0) is 5.37 Å². The SMILES string of the molecule is N=C(CC=S)Sn1c(O)ccc1O. The first-order valence-electron chi connectivity index (χ1n) is 3.44. The van der Waals surface area contributed by atoms with Crippen molar-refractivity contribution in [2.45, 2.75) is 6.42 Å². The average molecular weight is 216 g/mol. The molecule has 0 saturated heterocycles. The molecule has 0 aliphatic rings. The minimum absolute atomic E-state index is 0.0865. The molecule has 0 radical (unpaired) electrons. The van der Waals surface area contributed by atoms with Gasteiger partial charge in [0.2, 0.25) is 11.8 Å². The normalized spacial score (nSPS) is 9.85. The summed E-state index contributed by atoms with van der Waals surface area (Å²) in [5.74, 6) is -0.173. The molecular weight excluding hydrogens is 208 g/mol. The van der Waals surface area contributed by atoms with E-state index in [-0.39, 0.29) is 16.8 Å². The maximum Gasteiger partial charge on any atom is 0.204 e. The highest BCUT2D eigenvalue weighted by molar-refractivity contribution is 8.12. The van der Waals surface area contributed by atoms with Crippen molar-refractivity contribution in [1.29, 1.82) is 5.41 Å². The molecule has 0 aliphatic heterocycles. The second-order valence-electron chi connectivity index (χ2n) is 2.23. The maximum atomic E-state index is 9.20. The van der Waals surface area contributed by atoms with Crippen molar-refractivity contribution >= 4 is 34.6 Å². The predicted octanol–water partition coefficient (Wildman–Crippen LogP) is 1.76. The summed E-state index contributed by atoms with van der Waals surface area (Å²) in [6.07, 6.45) is 0.344. The van der Waals surface area contributed by atoms with Gasteiger partial charge in [-0.3, -0.25) is 5.41 Å². The van der Waals surface area contributed by atoms with Gasteiger partial charge >= 0.3 is 0 Å². The molecule has 0 aliphatic carbocycles. The van der Waals surface area contributed by atoms with Crippen LogP contribution in [0.2, 0.25) is 0 Å². The zero-order valence-electron chi connectivity index (χ0n) is 6.60. The molecule has 1 heterocycles. The monoisotopic (exact) mass is 216 g/mol. The first-order valence-corrected chi connectivity index (χ1v) is 4.68. The highest BCUT2D eigenvalue weighted by Gasteiger charge is 2.08. The van der Waals surface area contributed by atoms with E-state index in [9.17, 15) is 10.2 Å². The topological polar surface area (TPSA) is 69.2 Å². The third kappa shape index (κ3) is 2.46. The van der Waals surface area contributed by atoms with Crippen LogP contribution in [0.15, 0.2) is 12.1 Å². The Balaban J connectivity index is 2.73. The molecule has 0 amide bonds. The molecule has 0 atom stereocenters. The van der Waals surface area contributed by atoms with Gasteiger partial charge in [0.05, 0.1) is 5.04 Å². The van der Waals surface area contributed by atoms with Gasteiger partial charge in [0.1, 0.15) is 0 Å². The van der Waals surface area contributed by atoms with E-state index >= 15 is 0 Å². The zero-order chi connectivity index (χ0) is 9.84. The molecule has 4 nitrogen and oxygen atoms in total. The largest absolute Gasteiger partial charge is 0.494 e. The van der Waals surface area contributed by atoms with Crippen molar-refractivity contribution in [1.82, 2.24) is 3.97 Å². The molecule has 1 aromatic heterocycles. The number of nitrogens with zero attached hydrogens (tertiary/aromatic N) is 1. The van der Waals surface area contributed by atoms with Crippen LogP contribution in [0, 0.1) is 5.41 Å². The standard InChI is InChI=1S/C7H8N2O2S2/c8-5(3-4-12)13-9-6(10)1-2-7(9)11/h1-2,4,8,10-11H,3H2. The van der Waals surface area contributed by atoms with E-state index in [2.05, 4.69) is 12.2 Å². The Morgan fingerprint density at radius 1 is 1.54 bits per heavy atom. The number of aromatic nitrogens is 1. The van der Waals surface area contributed by atoms with E-state index in [0.29, 0.717) is 6.42 Å². The first kappa shape index (κ1) is 10.1. The lowest BCUT2D eigenvalue weighted by molar-refractivity contribution is 0.416. The third-order valence-electron chi connectivity index (χ3n) is 1.27. The van der Waals surface area contributed by atoms with E-state index in [1.807, 2.05) is 0 Å². The lowest BCUT2D eigenvalue weighted by Gasteiger charge is -2.03. The molecule has 0 bridgehead atoms. The zero-order valence-corrected chi connectivity index (χ0v) is 8.23. The lowest BCUT2D eigenvalue weighted by atomic mass is 10.5. The fourth-order valence-corrected chi connectivity index (χ4v) is 1.68. The molecule has 1 aromatic rings. The van der Waals surface area contributed by atoms with Crippen molar-refractivity contribution in [3.05, 3.63) is 12.1 Å². The minimum atomic E-state index is -0.0865. The van der Waals surface area contributed by atoms with E-state index in [4.69, 9.17) is 5.41 Å². The summed E-state index contributed by atoms with van der Waals surface area (Å²) in [7, 11) is 0. The fraction of sp³-hybridized carbons (Fsp3) is 0.143. The van der Waals surface area contributed by atoms with Crippen molar-refractivity contribution in [3.63, 3.8) is 0 Å². The predicted molar refractivity (Wildman–Crippen MR) is 56.7 cm³/mol. The van der Waals surface area contributed by atoms with Crippen LogP contribution in [0.25, 0.3) is 0 Å². The average Bonchev–Trinajstić information content (AvgIpc) is 2.36. The summed E-state index contributed by atoms with van der Waals surface area (Å²) in [5, 5.41) is 27.5. The number of aromatic hydroxyl groups is 2. The third-order valence-corrected chi connectivity index (χ3v) is 2.38.